The average Bonchev–Trinajstić information content (AvgIpc) is 4.07. The Morgan fingerprint density at radius 3 is 1.95 bits per heavy atom. The van der Waals surface area contributed by atoms with Gasteiger partial charge in [-0.05, 0) is 95.5 Å². The zero-order chi connectivity index (χ0) is 43.7. The van der Waals surface area contributed by atoms with Crippen LogP contribution in [0.2, 0.25) is 5.15 Å². The quantitative estimate of drug-likeness (QED) is 0.0734. The molecular formula is C45H59ClN8O6. The van der Waals surface area contributed by atoms with Crippen molar-refractivity contribution in [1.82, 2.24) is 30.2 Å². The first-order chi connectivity index (χ1) is 28.5. The Labute approximate surface area is 356 Å². The van der Waals surface area contributed by atoms with Gasteiger partial charge in [0.15, 0.2) is 0 Å². The summed E-state index contributed by atoms with van der Waals surface area (Å²) in [6.07, 6.45) is 5.54. The second kappa shape index (κ2) is 20.6. The number of fused-ring (bicyclic) bond motifs is 2. The van der Waals surface area contributed by atoms with E-state index in [1.54, 1.807) is 0 Å². The zero-order valence-electron chi connectivity index (χ0n) is 35.6. The number of hydrogen-bond acceptors (Lipinski definition) is 8. The third-order valence-corrected chi connectivity index (χ3v) is 11.1. The van der Waals surface area contributed by atoms with Crippen LogP contribution in [-0.4, -0.2) is 82.2 Å². The van der Waals surface area contributed by atoms with Gasteiger partial charge in [0.25, 0.3) is 0 Å². The maximum atomic E-state index is 12.5. The van der Waals surface area contributed by atoms with Crippen LogP contribution in [0.1, 0.15) is 77.9 Å². The van der Waals surface area contributed by atoms with Crippen LogP contribution in [0.5, 0.6) is 0 Å². The van der Waals surface area contributed by atoms with Gasteiger partial charge in [0.2, 0.25) is 11.8 Å². The minimum Gasteiger partial charge on any atom is -0.453 e. The van der Waals surface area contributed by atoms with E-state index >= 15 is 0 Å². The van der Waals surface area contributed by atoms with Gasteiger partial charge in [-0.1, -0.05) is 69.6 Å². The van der Waals surface area contributed by atoms with Crippen molar-refractivity contribution in [2.24, 2.45) is 35.1 Å². The van der Waals surface area contributed by atoms with E-state index < -0.39 is 12.2 Å². The van der Waals surface area contributed by atoms with Crippen LogP contribution < -0.4 is 16.8 Å². The topological polar surface area (TPSA) is 211 Å². The van der Waals surface area contributed by atoms with E-state index in [1.807, 2.05) is 11.9 Å². The molecule has 14 nitrogen and oxygen atoms in total. The second-order valence-electron chi connectivity index (χ2n) is 16.6. The number of hydrogen-bond donors (Lipinski definition) is 5. The molecule has 2 heterocycles. The van der Waals surface area contributed by atoms with Gasteiger partial charge in [-0.3, -0.25) is 9.59 Å². The van der Waals surface area contributed by atoms with Crippen LogP contribution in [0, 0.1) is 23.7 Å². The molecule has 0 saturated heterocycles. The van der Waals surface area contributed by atoms with Gasteiger partial charge in [0, 0.05) is 50.4 Å². The van der Waals surface area contributed by atoms with Crippen LogP contribution in [0.3, 0.4) is 0 Å². The molecule has 0 bridgehead atoms. The molecule has 4 atom stereocenters. The SMILES string of the molecule is CC(C)CC(=O)NC1CC1CCc1nc(-c2ccc3cc(-c4ccc5nc(CCC6CC6N(C)C(=O)CC(C)C)[nH]c5c4)ccc3c2)c(Cl)[nH]1.COC(N)=O.COC(N)=O. The third kappa shape index (κ3) is 12.9. The Balaban J connectivity index is 0.000000613. The number of nitrogens with one attached hydrogen (secondary N) is 3. The lowest BCUT2D eigenvalue weighted by atomic mass is 9.99. The number of imidazole rings is 2. The number of aromatic amines is 2. The smallest absolute Gasteiger partial charge is 0.404 e. The normalized spacial score (nSPS) is 17.6. The molecule has 7 rings (SSSR count). The van der Waals surface area contributed by atoms with Crippen LogP contribution in [0.15, 0.2) is 54.6 Å². The standard InChI is InChI=1S/C41H49ClN6O2.2C2H5NO2/c1-23(2)16-38(49)45-33-21-29(33)11-14-37-46-40(41(42)47-37)31-9-8-25-18-26(6-7-27(25)19-31)28-10-13-32-34(20-28)44-36(43-32)15-12-30-22-35(30)48(5)39(50)17-24(3)4;2*1-5-2(3)4/h6-10,13,18-20,23-24,29-30,33,35H,11-12,14-17,21-22H2,1-5H3,(H,43,44)(H,45,49)(H,46,47);2*1H3,(H2,3,4). The molecule has 0 aliphatic heterocycles. The van der Waals surface area contributed by atoms with Crippen molar-refractivity contribution < 1.29 is 28.7 Å². The zero-order valence-corrected chi connectivity index (χ0v) is 36.4. The molecule has 2 fully saturated rings. The predicted molar refractivity (Wildman–Crippen MR) is 235 cm³/mol. The molecule has 2 saturated carbocycles. The van der Waals surface area contributed by atoms with E-state index in [2.05, 4.69) is 119 Å². The predicted octanol–water partition coefficient (Wildman–Crippen LogP) is 8.16. The first-order valence-corrected chi connectivity index (χ1v) is 20.9. The number of aromatic nitrogens is 4. The fraction of sp³-hybridized carbons (Fsp3) is 0.467. The molecule has 0 spiro atoms. The van der Waals surface area contributed by atoms with E-state index in [1.165, 1.54) is 14.2 Å². The van der Waals surface area contributed by atoms with Crippen LogP contribution in [0.25, 0.3) is 44.2 Å². The Morgan fingerprint density at radius 1 is 0.783 bits per heavy atom. The molecule has 4 unspecified atom stereocenters. The number of rotatable bonds is 14. The Morgan fingerprint density at radius 2 is 1.33 bits per heavy atom. The molecule has 0 radical (unpaired) electrons. The highest BCUT2D eigenvalue weighted by atomic mass is 35.5. The Bertz CT molecular complexity index is 2270. The highest BCUT2D eigenvalue weighted by Crippen LogP contribution is 2.39. The summed E-state index contributed by atoms with van der Waals surface area (Å²) in [5, 5.41) is 6.00. The number of primary amides is 2. The number of aryl methyl sites for hydroxylation is 2. The molecule has 15 heteroatoms. The monoisotopic (exact) mass is 842 g/mol. The summed E-state index contributed by atoms with van der Waals surface area (Å²) in [4.78, 5) is 61.8. The highest BCUT2D eigenvalue weighted by Gasteiger charge is 2.41. The summed E-state index contributed by atoms with van der Waals surface area (Å²) in [7, 11) is 4.41. The number of ether oxygens (including phenoxy) is 2. The van der Waals surface area contributed by atoms with Crippen molar-refractivity contribution in [1.29, 1.82) is 0 Å². The lowest BCUT2D eigenvalue weighted by molar-refractivity contribution is -0.131. The van der Waals surface area contributed by atoms with Crippen molar-refractivity contribution in [3.63, 3.8) is 0 Å². The molecule has 5 aromatic rings. The third-order valence-electron chi connectivity index (χ3n) is 10.8. The highest BCUT2D eigenvalue weighted by molar-refractivity contribution is 6.32. The minimum absolute atomic E-state index is 0.155. The number of halogens is 1. The van der Waals surface area contributed by atoms with E-state index in [0.29, 0.717) is 53.8 Å². The maximum Gasteiger partial charge on any atom is 0.404 e. The van der Waals surface area contributed by atoms with Crippen molar-refractivity contribution in [3.05, 3.63) is 71.4 Å². The number of carbonyl (C=O) groups excluding carboxylic acids is 4. The van der Waals surface area contributed by atoms with Gasteiger partial charge < -0.3 is 41.1 Å². The van der Waals surface area contributed by atoms with E-state index in [9.17, 15) is 19.2 Å². The summed E-state index contributed by atoms with van der Waals surface area (Å²) in [5.74, 6) is 4.13. The van der Waals surface area contributed by atoms with Gasteiger partial charge in [-0.2, -0.15) is 0 Å². The van der Waals surface area contributed by atoms with Gasteiger partial charge in [0.1, 0.15) is 22.5 Å². The molecule has 4 amide bonds. The van der Waals surface area contributed by atoms with Gasteiger partial charge in [0.05, 0.1) is 25.3 Å². The molecular weight excluding hydrogens is 784 g/mol. The Hall–Kier alpha value is -5.63. The van der Waals surface area contributed by atoms with Gasteiger partial charge in [-0.15, -0.1) is 0 Å². The molecule has 2 aliphatic carbocycles. The van der Waals surface area contributed by atoms with Crippen LogP contribution in [-0.2, 0) is 31.9 Å². The van der Waals surface area contributed by atoms with E-state index in [-0.39, 0.29) is 11.8 Å². The Kier molecular flexibility index (Phi) is 15.6. The van der Waals surface area contributed by atoms with Crippen molar-refractivity contribution in [2.45, 2.75) is 91.1 Å². The molecule has 322 valence electrons. The van der Waals surface area contributed by atoms with Crippen molar-refractivity contribution in [2.75, 3.05) is 21.3 Å². The number of amides is 4. The first-order valence-electron chi connectivity index (χ1n) is 20.5. The number of H-pyrrole nitrogens is 2. The van der Waals surface area contributed by atoms with E-state index in [4.69, 9.17) is 21.6 Å². The maximum absolute atomic E-state index is 12.5. The fourth-order valence-electron chi connectivity index (χ4n) is 7.36. The summed E-state index contributed by atoms with van der Waals surface area (Å²) >= 11 is 6.65. The van der Waals surface area contributed by atoms with Crippen LogP contribution >= 0.6 is 11.6 Å². The van der Waals surface area contributed by atoms with Gasteiger partial charge in [-0.25, -0.2) is 19.6 Å². The second-order valence-corrected chi connectivity index (χ2v) is 17.0. The number of methoxy groups -OCH3 is 2. The molecule has 2 aromatic heterocycles. The number of nitrogens with two attached hydrogens (primary N) is 2. The molecule has 60 heavy (non-hydrogen) atoms. The summed E-state index contributed by atoms with van der Waals surface area (Å²) in [6, 6.07) is 20.0. The number of carbonyl (C=O) groups is 4. The van der Waals surface area contributed by atoms with Gasteiger partial charge >= 0.3 is 12.2 Å². The lowest BCUT2D eigenvalue weighted by Gasteiger charge is -2.18. The fourth-order valence-corrected chi connectivity index (χ4v) is 7.62. The van der Waals surface area contributed by atoms with Crippen molar-refractivity contribution >= 4 is 57.4 Å². The van der Waals surface area contributed by atoms with E-state index in [0.717, 1.165) is 94.4 Å². The summed E-state index contributed by atoms with van der Waals surface area (Å²) in [6.45, 7) is 8.33. The van der Waals surface area contributed by atoms with Crippen LogP contribution in [0.4, 0.5) is 9.59 Å². The average molecular weight is 843 g/mol. The summed E-state index contributed by atoms with van der Waals surface area (Å²) in [5.41, 5.74) is 14.9. The summed E-state index contributed by atoms with van der Waals surface area (Å²) < 4.78 is 7.78. The van der Waals surface area contributed by atoms with Crippen molar-refractivity contribution in [3.8, 4) is 22.4 Å². The molecule has 2 aliphatic rings. The first kappa shape index (κ1) is 45.5. The largest absolute Gasteiger partial charge is 0.453 e. The lowest BCUT2D eigenvalue weighted by Crippen LogP contribution is -2.30. The number of benzene rings is 3. The molecule has 7 N–H and O–H groups in total. The number of nitrogens with zero attached hydrogens (tertiary/aromatic N) is 3. The minimum atomic E-state index is -0.745. The molecule has 3 aromatic carbocycles.